The van der Waals surface area contributed by atoms with Crippen LogP contribution in [-0.2, 0) is 0 Å². The van der Waals surface area contributed by atoms with Crippen molar-refractivity contribution in [1.29, 1.82) is 0 Å². The van der Waals surface area contributed by atoms with Gasteiger partial charge in [0.05, 0.1) is 17.1 Å². The Hall–Kier alpha value is -1.78. The molecule has 5 nitrogen and oxygen atoms in total. The Balaban J connectivity index is 2.29. The fourth-order valence-electron chi connectivity index (χ4n) is 1.48. The van der Waals surface area contributed by atoms with Gasteiger partial charge in [0.2, 0.25) is 0 Å². The Morgan fingerprint density at radius 3 is 2.44 bits per heavy atom. The molecule has 0 radical (unpaired) electrons. The van der Waals surface area contributed by atoms with Gasteiger partial charge in [0.25, 0.3) is 5.69 Å². The lowest BCUT2D eigenvalue weighted by atomic mass is 10.2. The number of hydrogen-bond donors (Lipinski definition) is 0. The summed E-state index contributed by atoms with van der Waals surface area (Å²) < 4.78 is 11.4. The molecule has 1 aromatic carbocycles. The van der Waals surface area contributed by atoms with Gasteiger partial charge in [-0.2, -0.15) is 0 Å². The molecule has 0 aliphatic heterocycles. The zero-order valence-electron chi connectivity index (χ0n) is 10.8. The van der Waals surface area contributed by atoms with Crippen LogP contribution < -0.4 is 9.47 Å². The second-order valence-corrected chi connectivity index (χ2v) is 5.42. The van der Waals surface area contributed by atoms with E-state index in [0.717, 1.165) is 12.8 Å². The normalized spacial score (nSPS) is 15.3. The van der Waals surface area contributed by atoms with Crippen LogP contribution >= 0.6 is 0 Å². The van der Waals surface area contributed by atoms with Gasteiger partial charge in [0.15, 0.2) is 11.5 Å². The van der Waals surface area contributed by atoms with Crippen LogP contribution in [0, 0.1) is 10.1 Å². The minimum atomic E-state index is -0.434. The van der Waals surface area contributed by atoms with E-state index in [1.807, 2.05) is 20.8 Å². The summed E-state index contributed by atoms with van der Waals surface area (Å²) >= 11 is 0. The van der Waals surface area contributed by atoms with Crippen molar-refractivity contribution in [2.24, 2.45) is 0 Å². The zero-order valence-corrected chi connectivity index (χ0v) is 10.8. The van der Waals surface area contributed by atoms with E-state index in [1.165, 1.54) is 12.1 Å². The van der Waals surface area contributed by atoms with Crippen LogP contribution in [0.25, 0.3) is 0 Å². The number of ether oxygens (including phenoxy) is 2. The maximum Gasteiger partial charge on any atom is 0.273 e. The van der Waals surface area contributed by atoms with E-state index in [-0.39, 0.29) is 11.8 Å². The van der Waals surface area contributed by atoms with Crippen molar-refractivity contribution in [2.75, 3.05) is 0 Å². The smallest absolute Gasteiger partial charge is 0.273 e. The molecule has 0 atom stereocenters. The molecule has 0 N–H and O–H groups in total. The lowest BCUT2D eigenvalue weighted by molar-refractivity contribution is -0.385. The zero-order chi connectivity index (χ0) is 13.3. The largest absolute Gasteiger partial charge is 0.487 e. The second kappa shape index (κ2) is 4.48. The van der Waals surface area contributed by atoms with Gasteiger partial charge in [-0.05, 0) is 39.7 Å². The van der Waals surface area contributed by atoms with Crippen molar-refractivity contribution < 1.29 is 14.4 Å². The Labute approximate surface area is 106 Å². The van der Waals surface area contributed by atoms with E-state index in [4.69, 9.17) is 9.47 Å². The SMILES string of the molecule is CC(C)(C)Oc1cc([N+](=O)[O-])ccc1OC1CC1. The molecule has 0 saturated heterocycles. The third kappa shape index (κ3) is 3.35. The van der Waals surface area contributed by atoms with E-state index >= 15 is 0 Å². The van der Waals surface area contributed by atoms with Gasteiger partial charge >= 0.3 is 0 Å². The minimum Gasteiger partial charge on any atom is -0.487 e. The highest BCUT2D eigenvalue weighted by Crippen LogP contribution is 2.37. The average molecular weight is 251 g/mol. The van der Waals surface area contributed by atoms with Gasteiger partial charge in [-0.25, -0.2) is 0 Å². The summed E-state index contributed by atoms with van der Waals surface area (Å²) in [7, 11) is 0. The van der Waals surface area contributed by atoms with E-state index < -0.39 is 10.5 Å². The van der Waals surface area contributed by atoms with Crippen molar-refractivity contribution in [1.82, 2.24) is 0 Å². The topological polar surface area (TPSA) is 61.6 Å². The molecule has 0 bridgehead atoms. The molecule has 2 rings (SSSR count). The highest BCUT2D eigenvalue weighted by Gasteiger charge is 2.27. The summed E-state index contributed by atoms with van der Waals surface area (Å²) in [6, 6.07) is 4.47. The number of nitrogens with zero attached hydrogens (tertiary/aromatic N) is 1. The van der Waals surface area contributed by atoms with Gasteiger partial charge in [-0.3, -0.25) is 10.1 Å². The van der Waals surface area contributed by atoms with Crippen molar-refractivity contribution in [3.8, 4) is 11.5 Å². The van der Waals surface area contributed by atoms with Crippen molar-refractivity contribution in [3.63, 3.8) is 0 Å². The van der Waals surface area contributed by atoms with Crippen LogP contribution in [-0.4, -0.2) is 16.6 Å². The lowest BCUT2D eigenvalue weighted by Gasteiger charge is -2.23. The van der Waals surface area contributed by atoms with Gasteiger partial charge < -0.3 is 9.47 Å². The Bertz CT molecular complexity index is 461. The highest BCUT2D eigenvalue weighted by molar-refractivity contribution is 5.49. The van der Waals surface area contributed by atoms with E-state index in [9.17, 15) is 10.1 Å². The predicted molar refractivity (Wildman–Crippen MR) is 67.1 cm³/mol. The molecule has 1 aliphatic carbocycles. The van der Waals surface area contributed by atoms with Crippen LogP contribution in [0.1, 0.15) is 33.6 Å². The minimum absolute atomic E-state index is 0.0115. The van der Waals surface area contributed by atoms with Crippen molar-refractivity contribution >= 4 is 5.69 Å². The fourth-order valence-corrected chi connectivity index (χ4v) is 1.48. The third-order valence-electron chi connectivity index (χ3n) is 2.37. The van der Waals surface area contributed by atoms with E-state index in [1.54, 1.807) is 6.07 Å². The predicted octanol–water partition coefficient (Wildman–Crippen LogP) is 3.31. The first kappa shape index (κ1) is 12.7. The van der Waals surface area contributed by atoms with Gasteiger partial charge in [-0.15, -0.1) is 0 Å². The maximum atomic E-state index is 10.8. The van der Waals surface area contributed by atoms with Crippen LogP contribution in [0.5, 0.6) is 11.5 Å². The summed E-state index contributed by atoms with van der Waals surface area (Å²) in [5.74, 6) is 1.02. The molecule has 0 amide bonds. The van der Waals surface area contributed by atoms with E-state index in [2.05, 4.69) is 0 Å². The Kier molecular flexibility index (Phi) is 3.15. The molecule has 1 fully saturated rings. The first-order valence-electron chi connectivity index (χ1n) is 5.99. The van der Waals surface area contributed by atoms with Crippen LogP contribution in [0.4, 0.5) is 5.69 Å². The molecule has 5 heteroatoms. The molecule has 0 aromatic heterocycles. The van der Waals surface area contributed by atoms with Crippen molar-refractivity contribution in [3.05, 3.63) is 28.3 Å². The number of benzene rings is 1. The standard InChI is InChI=1S/C13H17NO4/c1-13(2,3)18-12-8-9(14(15)16)4-7-11(12)17-10-5-6-10/h4,7-8,10H,5-6H2,1-3H3. The summed E-state index contributed by atoms with van der Waals surface area (Å²) in [4.78, 5) is 10.3. The third-order valence-corrected chi connectivity index (χ3v) is 2.37. The fraction of sp³-hybridized carbons (Fsp3) is 0.538. The molecule has 0 spiro atoms. The maximum absolute atomic E-state index is 10.8. The van der Waals surface area contributed by atoms with Crippen LogP contribution in [0.2, 0.25) is 0 Å². The monoisotopic (exact) mass is 251 g/mol. The number of non-ortho nitro benzene ring substituents is 1. The van der Waals surface area contributed by atoms with Crippen molar-refractivity contribution in [2.45, 2.75) is 45.3 Å². The first-order chi connectivity index (χ1) is 8.35. The van der Waals surface area contributed by atoms with Crippen LogP contribution in [0.3, 0.4) is 0 Å². The van der Waals surface area contributed by atoms with Gasteiger partial charge in [0, 0.05) is 6.07 Å². The summed E-state index contributed by atoms with van der Waals surface area (Å²) in [6.07, 6.45) is 2.30. The Morgan fingerprint density at radius 2 is 1.94 bits per heavy atom. The van der Waals surface area contributed by atoms with Gasteiger partial charge in [-0.1, -0.05) is 0 Å². The first-order valence-corrected chi connectivity index (χ1v) is 5.99. The molecular formula is C13H17NO4. The molecule has 98 valence electrons. The molecule has 1 saturated carbocycles. The summed E-state index contributed by atoms with van der Waals surface area (Å²) in [6.45, 7) is 5.69. The second-order valence-electron chi connectivity index (χ2n) is 5.42. The Morgan fingerprint density at radius 1 is 1.28 bits per heavy atom. The number of rotatable bonds is 4. The van der Waals surface area contributed by atoms with Crippen LogP contribution in [0.15, 0.2) is 18.2 Å². The molecule has 0 heterocycles. The lowest BCUT2D eigenvalue weighted by Crippen LogP contribution is -2.23. The van der Waals surface area contributed by atoms with Gasteiger partial charge in [0.1, 0.15) is 5.60 Å². The summed E-state index contributed by atoms with van der Waals surface area (Å²) in [5.41, 5.74) is -0.408. The average Bonchev–Trinajstić information content (AvgIpc) is 3.02. The summed E-state index contributed by atoms with van der Waals surface area (Å²) in [5, 5.41) is 10.8. The number of hydrogen-bond acceptors (Lipinski definition) is 4. The quantitative estimate of drug-likeness (QED) is 0.608. The molecular weight excluding hydrogens is 234 g/mol. The molecule has 0 unspecified atom stereocenters. The molecule has 1 aliphatic rings. The molecule has 1 aromatic rings. The number of nitro benzene ring substituents is 1. The van der Waals surface area contributed by atoms with E-state index in [0.29, 0.717) is 11.5 Å². The molecule has 18 heavy (non-hydrogen) atoms. The highest BCUT2D eigenvalue weighted by atomic mass is 16.6. The number of nitro groups is 1.